The first-order valence-electron chi connectivity index (χ1n) is 8.48. The SMILES string of the molecule is CC(=O)N1CC[C@@]2(O)CCCC[C@@H]2[C@@H]1c1ccc2c(c1)OCO2. The molecule has 1 saturated heterocycles. The van der Waals surface area contributed by atoms with Crippen LogP contribution in [0.25, 0.3) is 0 Å². The van der Waals surface area contributed by atoms with Gasteiger partial charge in [0.2, 0.25) is 12.7 Å². The molecular formula is C18H23NO4. The molecule has 1 aromatic carbocycles. The van der Waals surface area contributed by atoms with Gasteiger partial charge in [0.1, 0.15) is 0 Å². The number of ether oxygens (including phenoxy) is 2. The number of hydrogen-bond donors (Lipinski definition) is 1. The van der Waals surface area contributed by atoms with E-state index < -0.39 is 5.60 Å². The Morgan fingerprint density at radius 3 is 2.91 bits per heavy atom. The molecule has 2 heterocycles. The number of piperidine rings is 1. The van der Waals surface area contributed by atoms with Gasteiger partial charge in [0.05, 0.1) is 11.6 Å². The van der Waals surface area contributed by atoms with Gasteiger partial charge in [0, 0.05) is 19.4 Å². The lowest BCUT2D eigenvalue weighted by Crippen LogP contribution is -2.55. The molecule has 0 aromatic heterocycles. The van der Waals surface area contributed by atoms with Crippen LogP contribution in [0.15, 0.2) is 18.2 Å². The summed E-state index contributed by atoms with van der Waals surface area (Å²) >= 11 is 0. The van der Waals surface area contributed by atoms with Gasteiger partial charge in [-0.3, -0.25) is 4.79 Å². The maximum Gasteiger partial charge on any atom is 0.231 e. The van der Waals surface area contributed by atoms with Gasteiger partial charge in [0.15, 0.2) is 11.5 Å². The van der Waals surface area contributed by atoms with Gasteiger partial charge >= 0.3 is 0 Å². The average molecular weight is 317 g/mol. The Morgan fingerprint density at radius 1 is 1.26 bits per heavy atom. The van der Waals surface area contributed by atoms with Crippen molar-refractivity contribution in [3.05, 3.63) is 23.8 Å². The molecule has 5 heteroatoms. The third-order valence-electron chi connectivity index (χ3n) is 5.71. The Kier molecular flexibility index (Phi) is 3.48. The molecule has 2 fully saturated rings. The predicted octanol–water partition coefficient (Wildman–Crippen LogP) is 2.63. The van der Waals surface area contributed by atoms with E-state index in [1.807, 2.05) is 23.1 Å². The van der Waals surface area contributed by atoms with Gasteiger partial charge in [-0.25, -0.2) is 0 Å². The second-order valence-corrected chi connectivity index (χ2v) is 6.98. The van der Waals surface area contributed by atoms with Crippen molar-refractivity contribution in [3.63, 3.8) is 0 Å². The summed E-state index contributed by atoms with van der Waals surface area (Å²) in [6, 6.07) is 5.81. The molecule has 0 unspecified atom stereocenters. The monoisotopic (exact) mass is 317 g/mol. The zero-order chi connectivity index (χ0) is 16.0. The number of nitrogens with zero attached hydrogens (tertiary/aromatic N) is 1. The van der Waals surface area contributed by atoms with Gasteiger partial charge in [-0.05, 0) is 37.0 Å². The van der Waals surface area contributed by atoms with E-state index in [0.717, 1.165) is 42.7 Å². The topological polar surface area (TPSA) is 59.0 Å². The maximum atomic E-state index is 12.2. The number of rotatable bonds is 1. The Labute approximate surface area is 136 Å². The Balaban J connectivity index is 1.75. The van der Waals surface area contributed by atoms with Crippen molar-refractivity contribution in [2.75, 3.05) is 13.3 Å². The van der Waals surface area contributed by atoms with Gasteiger partial charge in [0.25, 0.3) is 0 Å². The quantitative estimate of drug-likeness (QED) is 0.865. The molecule has 23 heavy (non-hydrogen) atoms. The molecule has 4 rings (SSSR count). The predicted molar refractivity (Wildman–Crippen MR) is 84.2 cm³/mol. The fraction of sp³-hybridized carbons (Fsp3) is 0.611. The van der Waals surface area contributed by atoms with Crippen LogP contribution in [0.4, 0.5) is 0 Å². The van der Waals surface area contributed by atoms with Crippen LogP contribution >= 0.6 is 0 Å². The number of aliphatic hydroxyl groups is 1. The van der Waals surface area contributed by atoms with Crippen molar-refractivity contribution in [1.29, 1.82) is 0 Å². The Morgan fingerprint density at radius 2 is 2.09 bits per heavy atom. The fourth-order valence-corrected chi connectivity index (χ4v) is 4.54. The summed E-state index contributed by atoms with van der Waals surface area (Å²) in [5.41, 5.74) is 0.389. The molecule has 1 aliphatic carbocycles. The molecule has 1 amide bonds. The van der Waals surface area contributed by atoms with Crippen LogP contribution in [0.1, 0.15) is 50.6 Å². The van der Waals surface area contributed by atoms with E-state index in [1.54, 1.807) is 6.92 Å². The highest BCUT2D eigenvalue weighted by molar-refractivity contribution is 5.74. The van der Waals surface area contributed by atoms with Crippen molar-refractivity contribution in [2.45, 2.75) is 50.7 Å². The lowest BCUT2D eigenvalue weighted by atomic mass is 9.66. The average Bonchev–Trinajstić information content (AvgIpc) is 3.00. The molecule has 3 aliphatic rings. The third kappa shape index (κ3) is 2.38. The Bertz CT molecular complexity index is 631. The standard InChI is InChI=1S/C18H23NO4/c1-12(20)19-9-8-18(21)7-3-2-4-14(18)17(19)13-5-6-15-16(10-13)23-11-22-15/h5-6,10,14,17,21H,2-4,7-9,11H2,1H3/t14-,17+,18+/m1/s1. The van der Waals surface area contributed by atoms with Crippen LogP contribution in [-0.2, 0) is 4.79 Å². The lowest BCUT2D eigenvalue weighted by molar-refractivity contribution is -0.153. The fourth-order valence-electron chi connectivity index (χ4n) is 4.54. The van der Waals surface area contributed by atoms with Crippen LogP contribution in [0.2, 0.25) is 0 Å². The van der Waals surface area contributed by atoms with Crippen LogP contribution in [-0.4, -0.2) is 34.9 Å². The molecule has 1 aromatic rings. The molecule has 0 bridgehead atoms. The summed E-state index contributed by atoms with van der Waals surface area (Å²) in [7, 11) is 0. The largest absolute Gasteiger partial charge is 0.454 e. The molecule has 2 aliphatic heterocycles. The van der Waals surface area contributed by atoms with Gasteiger partial charge in [-0.1, -0.05) is 18.9 Å². The number of amides is 1. The minimum atomic E-state index is -0.648. The van der Waals surface area contributed by atoms with Crippen molar-refractivity contribution < 1.29 is 19.4 Å². The van der Waals surface area contributed by atoms with Gasteiger partial charge in [-0.15, -0.1) is 0 Å². The first-order chi connectivity index (χ1) is 11.1. The smallest absolute Gasteiger partial charge is 0.231 e. The third-order valence-corrected chi connectivity index (χ3v) is 5.71. The van der Waals surface area contributed by atoms with E-state index in [2.05, 4.69) is 0 Å². The molecule has 3 atom stereocenters. The molecule has 0 radical (unpaired) electrons. The number of carbonyl (C=O) groups excluding carboxylic acids is 1. The minimum Gasteiger partial charge on any atom is -0.454 e. The van der Waals surface area contributed by atoms with E-state index in [1.165, 1.54) is 0 Å². The van der Waals surface area contributed by atoms with Crippen molar-refractivity contribution in [2.24, 2.45) is 5.92 Å². The van der Waals surface area contributed by atoms with E-state index in [0.29, 0.717) is 13.0 Å². The number of likely N-dealkylation sites (tertiary alicyclic amines) is 1. The van der Waals surface area contributed by atoms with Crippen molar-refractivity contribution >= 4 is 5.91 Å². The molecule has 0 spiro atoms. The second-order valence-electron chi connectivity index (χ2n) is 6.98. The number of fused-ring (bicyclic) bond motifs is 2. The van der Waals surface area contributed by atoms with E-state index in [4.69, 9.17) is 9.47 Å². The van der Waals surface area contributed by atoms with Crippen LogP contribution < -0.4 is 9.47 Å². The maximum absolute atomic E-state index is 12.2. The van der Waals surface area contributed by atoms with Gasteiger partial charge < -0.3 is 19.5 Å². The molecule has 1 saturated carbocycles. The highest BCUT2D eigenvalue weighted by Crippen LogP contribution is 2.50. The van der Waals surface area contributed by atoms with Crippen LogP contribution in [0, 0.1) is 5.92 Å². The molecule has 5 nitrogen and oxygen atoms in total. The van der Waals surface area contributed by atoms with Crippen LogP contribution in [0.3, 0.4) is 0 Å². The second kappa shape index (κ2) is 5.41. The highest BCUT2D eigenvalue weighted by atomic mass is 16.7. The molecular weight excluding hydrogens is 294 g/mol. The van der Waals surface area contributed by atoms with E-state index in [9.17, 15) is 9.90 Å². The summed E-state index contributed by atoms with van der Waals surface area (Å²) in [6.45, 7) is 2.47. The summed E-state index contributed by atoms with van der Waals surface area (Å²) in [6.07, 6.45) is 4.66. The van der Waals surface area contributed by atoms with E-state index >= 15 is 0 Å². The van der Waals surface area contributed by atoms with Crippen LogP contribution in [0.5, 0.6) is 11.5 Å². The van der Waals surface area contributed by atoms with Crippen molar-refractivity contribution in [1.82, 2.24) is 4.90 Å². The number of carbonyl (C=O) groups is 1. The summed E-state index contributed by atoms with van der Waals surface area (Å²) in [5, 5.41) is 11.1. The minimum absolute atomic E-state index is 0.0697. The zero-order valence-corrected chi connectivity index (χ0v) is 13.5. The number of hydrogen-bond acceptors (Lipinski definition) is 4. The van der Waals surface area contributed by atoms with Crippen molar-refractivity contribution in [3.8, 4) is 11.5 Å². The summed E-state index contributed by atoms with van der Waals surface area (Å²) in [4.78, 5) is 14.1. The zero-order valence-electron chi connectivity index (χ0n) is 13.5. The highest BCUT2D eigenvalue weighted by Gasteiger charge is 2.49. The Hall–Kier alpha value is -1.75. The first kappa shape index (κ1) is 14.8. The lowest BCUT2D eigenvalue weighted by Gasteiger charge is -2.52. The first-order valence-corrected chi connectivity index (χ1v) is 8.48. The van der Waals surface area contributed by atoms with E-state index in [-0.39, 0.29) is 24.7 Å². The summed E-state index contributed by atoms with van der Waals surface area (Å²) < 4.78 is 10.9. The van der Waals surface area contributed by atoms with Gasteiger partial charge in [-0.2, -0.15) is 0 Å². The molecule has 1 N–H and O–H groups in total. The molecule has 124 valence electrons. The normalized spacial score (nSPS) is 32.5. The summed E-state index contributed by atoms with van der Waals surface area (Å²) in [5.74, 6) is 1.64. The number of benzene rings is 1.